The molecule has 0 aliphatic heterocycles. The van der Waals surface area contributed by atoms with Crippen LogP contribution in [0.4, 0.5) is 0 Å². The molecular weight excluding hydrogens is 368 g/mol. The summed E-state index contributed by atoms with van der Waals surface area (Å²) in [7, 11) is 1.77. The number of aromatic nitrogens is 6. The average molecular weight is 386 g/mol. The molecule has 0 bridgehead atoms. The van der Waals surface area contributed by atoms with E-state index in [2.05, 4.69) is 50.5 Å². The maximum Gasteiger partial charge on any atom is 0.280 e. The van der Waals surface area contributed by atoms with Gasteiger partial charge in [0.2, 0.25) is 5.89 Å². The Morgan fingerprint density at radius 2 is 2.00 bits per heavy atom. The van der Waals surface area contributed by atoms with Gasteiger partial charge in [0.25, 0.3) is 5.56 Å². The van der Waals surface area contributed by atoms with E-state index >= 15 is 0 Å². The van der Waals surface area contributed by atoms with E-state index in [4.69, 9.17) is 4.52 Å². The minimum absolute atomic E-state index is 0.173. The highest BCUT2D eigenvalue weighted by Crippen LogP contribution is 2.62. The first-order valence-electron chi connectivity index (χ1n) is 9.64. The molecule has 2 aliphatic rings. The summed E-state index contributed by atoms with van der Waals surface area (Å²) in [5.74, 6) is 2.50. The van der Waals surface area contributed by atoms with Gasteiger partial charge < -0.3 is 9.09 Å². The maximum absolute atomic E-state index is 12.7. The van der Waals surface area contributed by atoms with E-state index in [0.29, 0.717) is 34.8 Å². The smallest absolute Gasteiger partial charge is 0.280 e. The first-order chi connectivity index (χ1) is 14.2. The zero-order valence-electron chi connectivity index (χ0n) is 15.8. The third kappa shape index (κ3) is 2.55. The molecule has 144 valence electrons. The maximum atomic E-state index is 12.7. The Bertz CT molecular complexity index is 1320. The predicted molar refractivity (Wildman–Crippen MR) is 105 cm³/mol. The summed E-state index contributed by atoms with van der Waals surface area (Å²) >= 11 is 0. The second-order valence-electron chi connectivity index (χ2n) is 7.78. The van der Waals surface area contributed by atoms with Gasteiger partial charge in [-0.1, -0.05) is 41.6 Å². The normalized spacial score (nSPS) is 22.7. The summed E-state index contributed by atoms with van der Waals surface area (Å²) in [5, 5.41) is 4.19. The van der Waals surface area contributed by atoms with Gasteiger partial charge in [-0.15, -0.1) is 0 Å². The lowest BCUT2D eigenvalue weighted by molar-refractivity contribution is 0.364. The third-order valence-corrected chi connectivity index (χ3v) is 6.01. The minimum atomic E-state index is -0.173. The predicted octanol–water partition coefficient (Wildman–Crippen LogP) is 2.38. The summed E-state index contributed by atoms with van der Waals surface area (Å²) < 4.78 is 8.58. The number of hydrogen-bond donors (Lipinski definition) is 0. The first kappa shape index (κ1) is 16.4. The molecule has 0 N–H and O–H groups in total. The van der Waals surface area contributed by atoms with Crippen LogP contribution >= 0.6 is 0 Å². The minimum Gasteiger partial charge on any atom is -0.337 e. The molecule has 0 radical (unpaired) electrons. The van der Waals surface area contributed by atoms with Crippen molar-refractivity contribution in [2.24, 2.45) is 18.9 Å². The van der Waals surface area contributed by atoms with Crippen molar-refractivity contribution in [3.05, 3.63) is 76.7 Å². The highest BCUT2D eigenvalue weighted by molar-refractivity contribution is 5.70. The fraction of sp³-hybridized carbons (Fsp3) is 0.286. The molecule has 4 aromatic rings. The van der Waals surface area contributed by atoms with Crippen molar-refractivity contribution in [2.75, 3.05) is 0 Å². The monoisotopic (exact) mass is 386 g/mol. The Morgan fingerprint density at radius 1 is 1.17 bits per heavy atom. The van der Waals surface area contributed by atoms with Crippen LogP contribution in [0.5, 0.6) is 0 Å². The largest absolute Gasteiger partial charge is 0.337 e. The van der Waals surface area contributed by atoms with Gasteiger partial charge in [0.15, 0.2) is 17.0 Å². The van der Waals surface area contributed by atoms with E-state index < -0.39 is 0 Å². The fourth-order valence-corrected chi connectivity index (χ4v) is 4.47. The van der Waals surface area contributed by atoms with E-state index in [1.54, 1.807) is 17.9 Å². The van der Waals surface area contributed by atoms with E-state index in [0.717, 1.165) is 12.2 Å². The van der Waals surface area contributed by atoms with Crippen LogP contribution in [0.1, 0.15) is 29.6 Å². The van der Waals surface area contributed by atoms with Crippen molar-refractivity contribution >= 4 is 16.7 Å². The Morgan fingerprint density at radius 3 is 2.79 bits per heavy atom. The zero-order chi connectivity index (χ0) is 19.5. The number of imidazole rings is 1. The van der Waals surface area contributed by atoms with Gasteiger partial charge in [0.05, 0.1) is 6.33 Å². The van der Waals surface area contributed by atoms with Crippen LogP contribution in [-0.4, -0.2) is 29.2 Å². The molecule has 6 rings (SSSR count). The van der Waals surface area contributed by atoms with E-state index in [-0.39, 0.29) is 12.1 Å². The Balaban J connectivity index is 1.22. The second-order valence-corrected chi connectivity index (χ2v) is 7.78. The molecule has 3 aromatic heterocycles. The Hall–Kier alpha value is -3.55. The lowest BCUT2D eigenvalue weighted by atomic mass is 10.0. The Labute approximate surface area is 165 Å². The second kappa shape index (κ2) is 5.97. The molecule has 0 spiro atoms. The summed E-state index contributed by atoms with van der Waals surface area (Å²) in [6.45, 7) is 0.201. The summed E-state index contributed by atoms with van der Waals surface area (Å²) in [6, 6.07) is 10.5. The molecule has 29 heavy (non-hydrogen) atoms. The number of allylic oxidation sites excluding steroid dienone is 2. The molecule has 8 nitrogen and oxygen atoms in total. The molecule has 2 aliphatic carbocycles. The van der Waals surface area contributed by atoms with Gasteiger partial charge in [-0.2, -0.15) is 4.98 Å². The topological polar surface area (TPSA) is 91.6 Å². The molecule has 1 aromatic carbocycles. The van der Waals surface area contributed by atoms with Gasteiger partial charge in [0, 0.05) is 13.0 Å². The standard InChI is InChI=1S/C21H18N6O2/c1-26-10-22-20-18(26)21(28)27(11-23-20)9-16-24-19(25-29-16)17-14-7-13(8-15(14)17)12-5-3-2-4-6-12/h2-7,10-11,14-15,17H,8-9H2,1H3/t14-,15+,17+/m0/s1. The van der Waals surface area contributed by atoms with Crippen LogP contribution in [-0.2, 0) is 13.6 Å². The molecule has 0 unspecified atom stereocenters. The zero-order valence-corrected chi connectivity index (χ0v) is 15.8. The summed E-state index contributed by atoms with van der Waals surface area (Å²) in [4.78, 5) is 25.6. The summed E-state index contributed by atoms with van der Waals surface area (Å²) in [5.41, 5.74) is 3.43. The SMILES string of the molecule is Cn1cnc2ncn(Cc3nc([C@@H]4[C@H]5C=C(c6ccccc6)C[C@H]54)no3)c(=O)c21. The van der Waals surface area contributed by atoms with Gasteiger partial charge in [-0.3, -0.25) is 9.36 Å². The van der Waals surface area contributed by atoms with Gasteiger partial charge in [-0.25, -0.2) is 9.97 Å². The fourth-order valence-electron chi connectivity index (χ4n) is 4.47. The van der Waals surface area contributed by atoms with E-state index in [1.807, 2.05) is 6.07 Å². The van der Waals surface area contributed by atoms with Crippen molar-refractivity contribution in [3.63, 3.8) is 0 Å². The van der Waals surface area contributed by atoms with Gasteiger partial charge in [-0.05, 0) is 29.4 Å². The van der Waals surface area contributed by atoms with Crippen molar-refractivity contribution < 1.29 is 4.52 Å². The molecule has 1 saturated carbocycles. The van der Waals surface area contributed by atoms with E-state index in [9.17, 15) is 4.79 Å². The first-order valence-corrected chi connectivity index (χ1v) is 9.64. The molecular formula is C21H18N6O2. The molecule has 3 atom stereocenters. The van der Waals surface area contributed by atoms with Crippen LogP contribution in [0.15, 0.2) is 58.4 Å². The Kier molecular flexibility index (Phi) is 3.38. The quantitative estimate of drug-likeness (QED) is 0.535. The number of rotatable bonds is 4. The van der Waals surface area contributed by atoms with Crippen molar-refractivity contribution in [2.45, 2.75) is 18.9 Å². The molecule has 8 heteroatoms. The van der Waals surface area contributed by atoms with Gasteiger partial charge >= 0.3 is 0 Å². The number of aryl methyl sites for hydroxylation is 1. The lowest BCUT2D eigenvalue weighted by Crippen LogP contribution is -2.22. The lowest BCUT2D eigenvalue weighted by Gasteiger charge is -2.04. The van der Waals surface area contributed by atoms with Crippen molar-refractivity contribution in [1.29, 1.82) is 0 Å². The third-order valence-electron chi connectivity index (χ3n) is 6.01. The highest BCUT2D eigenvalue weighted by atomic mass is 16.5. The number of benzene rings is 1. The highest BCUT2D eigenvalue weighted by Gasteiger charge is 2.55. The van der Waals surface area contributed by atoms with Gasteiger partial charge in [0.1, 0.15) is 12.9 Å². The van der Waals surface area contributed by atoms with Crippen molar-refractivity contribution in [1.82, 2.24) is 29.2 Å². The van der Waals surface area contributed by atoms with Crippen molar-refractivity contribution in [3.8, 4) is 0 Å². The number of nitrogens with zero attached hydrogens (tertiary/aromatic N) is 6. The van der Waals surface area contributed by atoms with Crippen LogP contribution in [0.3, 0.4) is 0 Å². The number of hydrogen-bond acceptors (Lipinski definition) is 6. The van der Waals surface area contributed by atoms with E-state index in [1.165, 1.54) is 22.0 Å². The molecule has 0 saturated heterocycles. The molecule has 3 heterocycles. The molecule has 1 fully saturated rings. The van der Waals surface area contributed by atoms with Crippen LogP contribution in [0.25, 0.3) is 16.7 Å². The van der Waals surface area contributed by atoms with Crippen LogP contribution in [0, 0.1) is 11.8 Å². The van der Waals surface area contributed by atoms with Crippen LogP contribution < -0.4 is 5.56 Å². The molecule has 0 amide bonds. The summed E-state index contributed by atoms with van der Waals surface area (Å²) in [6.07, 6.45) is 6.45. The van der Waals surface area contributed by atoms with Crippen LogP contribution in [0.2, 0.25) is 0 Å². The number of fused-ring (bicyclic) bond motifs is 2. The average Bonchev–Trinajstić information content (AvgIpc) is 3.16.